The largest absolute Gasteiger partial charge is 0.465 e. The molecule has 2 aliphatic heterocycles. The summed E-state index contributed by atoms with van der Waals surface area (Å²) in [6.45, 7) is 5.75. The molecule has 2 aliphatic rings. The Bertz CT molecular complexity index is 275. The summed E-state index contributed by atoms with van der Waals surface area (Å²) in [5.41, 5.74) is 0. The van der Waals surface area contributed by atoms with Crippen LogP contribution < -0.4 is 0 Å². The average Bonchev–Trinajstić information content (AvgIpc) is 2.40. The van der Waals surface area contributed by atoms with E-state index in [9.17, 15) is 4.79 Å². The fourth-order valence-corrected chi connectivity index (χ4v) is 3.21. The molecule has 2 saturated heterocycles. The van der Waals surface area contributed by atoms with Crippen molar-refractivity contribution >= 4 is 5.97 Å². The first-order valence-corrected chi connectivity index (χ1v) is 7.33. The molecule has 0 spiro atoms. The van der Waals surface area contributed by atoms with Crippen LogP contribution in [-0.2, 0) is 9.53 Å². The Morgan fingerprint density at radius 3 is 2.56 bits per heavy atom. The zero-order valence-corrected chi connectivity index (χ0v) is 11.7. The van der Waals surface area contributed by atoms with E-state index in [1.165, 1.54) is 19.3 Å². The highest BCUT2D eigenvalue weighted by molar-refractivity contribution is 5.75. The highest BCUT2D eigenvalue weighted by atomic mass is 16.5. The van der Waals surface area contributed by atoms with E-state index in [2.05, 4.69) is 16.8 Å². The molecule has 0 aromatic carbocycles. The summed E-state index contributed by atoms with van der Waals surface area (Å²) in [6, 6.07) is 0.600. The quantitative estimate of drug-likeness (QED) is 0.715. The summed E-state index contributed by atoms with van der Waals surface area (Å²) in [4.78, 5) is 16.8. The molecule has 18 heavy (non-hydrogen) atoms. The molecule has 0 unspecified atom stereocenters. The molecular weight excluding hydrogens is 228 g/mol. The van der Waals surface area contributed by atoms with Crippen LogP contribution in [0.1, 0.15) is 39.0 Å². The molecule has 0 bridgehead atoms. The molecule has 2 rings (SSSR count). The van der Waals surface area contributed by atoms with Gasteiger partial charge in [0, 0.05) is 6.04 Å². The Morgan fingerprint density at radius 1 is 1.17 bits per heavy atom. The fraction of sp³-hybridized carbons (Fsp3) is 0.929. The SMILES string of the molecule is CCOC(=O)[C@H]1CCCCN1C1CCN(C)CC1. The normalized spacial score (nSPS) is 28.2. The molecule has 4 nitrogen and oxygen atoms in total. The summed E-state index contributed by atoms with van der Waals surface area (Å²) < 4.78 is 5.23. The fourth-order valence-electron chi connectivity index (χ4n) is 3.21. The molecule has 0 aromatic heterocycles. The van der Waals surface area contributed by atoms with Gasteiger partial charge < -0.3 is 9.64 Å². The number of hydrogen-bond acceptors (Lipinski definition) is 4. The van der Waals surface area contributed by atoms with Gasteiger partial charge in [-0.3, -0.25) is 9.69 Å². The van der Waals surface area contributed by atoms with Gasteiger partial charge in [0.25, 0.3) is 0 Å². The first-order chi connectivity index (χ1) is 8.72. The summed E-state index contributed by atoms with van der Waals surface area (Å²) in [6.07, 6.45) is 5.73. The Kier molecular flexibility index (Phi) is 5.01. The summed E-state index contributed by atoms with van der Waals surface area (Å²) in [5, 5.41) is 0. The lowest BCUT2D eigenvalue weighted by Crippen LogP contribution is -2.53. The number of ether oxygens (including phenoxy) is 1. The minimum atomic E-state index is -0.00359. The molecule has 0 aromatic rings. The number of rotatable bonds is 3. The van der Waals surface area contributed by atoms with Crippen molar-refractivity contribution in [1.29, 1.82) is 0 Å². The van der Waals surface area contributed by atoms with Crippen LogP contribution in [0.3, 0.4) is 0 Å². The first kappa shape index (κ1) is 13.8. The molecule has 0 saturated carbocycles. The molecule has 0 radical (unpaired) electrons. The molecule has 104 valence electrons. The molecule has 2 fully saturated rings. The molecule has 0 amide bonds. The van der Waals surface area contributed by atoms with Crippen LogP contribution in [0.25, 0.3) is 0 Å². The number of carbonyl (C=O) groups excluding carboxylic acids is 1. The second-order valence-corrected chi connectivity index (χ2v) is 5.54. The van der Waals surface area contributed by atoms with Gasteiger partial charge >= 0.3 is 5.97 Å². The van der Waals surface area contributed by atoms with E-state index in [0.717, 1.165) is 32.5 Å². The van der Waals surface area contributed by atoms with Crippen molar-refractivity contribution in [3.63, 3.8) is 0 Å². The zero-order valence-electron chi connectivity index (χ0n) is 11.7. The van der Waals surface area contributed by atoms with Crippen molar-refractivity contribution in [2.24, 2.45) is 0 Å². The number of nitrogens with zero attached hydrogens (tertiary/aromatic N) is 2. The lowest BCUT2D eigenvalue weighted by atomic mass is 9.95. The highest BCUT2D eigenvalue weighted by Crippen LogP contribution is 2.25. The second-order valence-electron chi connectivity index (χ2n) is 5.54. The van der Waals surface area contributed by atoms with E-state index in [1.54, 1.807) is 0 Å². The van der Waals surface area contributed by atoms with Gasteiger partial charge in [0.05, 0.1) is 6.61 Å². The van der Waals surface area contributed by atoms with E-state index in [0.29, 0.717) is 12.6 Å². The third-order valence-corrected chi connectivity index (χ3v) is 4.26. The minimum absolute atomic E-state index is 0.00359. The van der Waals surface area contributed by atoms with E-state index < -0.39 is 0 Å². The maximum absolute atomic E-state index is 12.0. The predicted octanol–water partition coefficient (Wildman–Crippen LogP) is 1.50. The van der Waals surface area contributed by atoms with Gasteiger partial charge in [-0.2, -0.15) is 0 Å². The van der Waals surface area contributed by atoms with Gasteiger partial charge in [-0.1, -0.05) is 6.42 Å². The van der Waals surface area contributed by atoms with Crippen molar-refractivity contribution in [3.05, 3.63) is 0 Å². The Labute approximate surface area is 110 Å². The maximum atomic E-state index is 12.0. The van der Waals surface area contributed by atoms with Crippen molar-refractivity contribution in [2.45, 2.75) is 51.1 Å². The topological polar surface area (TPSA) is 32.8 Å². The molecule has 0 N–H and O–H groups in total. The van der Waals surface area contributed by atoms with Crippen LogP contribution in [0.15, 0.2) is 0 Å². The number of carbonyl (C=O) groups is 1. The lowest BCUT2D eigenvalue weighted by Gasteiger charge is -2.42. The van der Waals surface area contributed by atoms with Crippen LogP contribution >= 0.6 is 0 Å². The Morgan fingerprint density at radius 2 is 1.89 bits per heavy atom. The Hall–Kier alpha value is -0.610. The van der Waals surface area contributed by atoms with Gasteiger partial charge in [-0.15, -0.1) is 0 Å². The average molecular weight is 254 g/mol. The van der Waals surface area contributed by atoms with Crippen LogP contribution in [-0.4, -0.2) is 61.1 Å². The maximum Gasteiger partial charge on any atom is 0.323 e. The minimum Gasteiger partial charge on any atom is -0.465 e. The highest BCUT2D eigenvalue weighted by Gasteiger charge is 2.35. The summed E-state index contributed by atoms with van der Waals surface area (Å²) in [5.74, 6) is -0.00359. The zero-order chi connectivity index (χ0) is 13.0. The summed E-state index contributed by atoms with van der Waals surface area (Å²) >= 11 is 0. The predicted molar refractivity (Wildman–Crippen MR) is 71.5 cm³/mol. The van der Waals surface area contributed by atoms with Gasteiger partial charge in [0.15, 0.2) is 0 Å². The molecular formula is C14H26N2O2. The van der Waals surface area contributed by atoms with Gasteiger partial charge in [0.1, 0.15) is 6.04 Å². The van der Waals surface area contributed by atoms with E-state index in [4.69, 9.17) is 4.74 Å². The van der Waals surface area contributed by atoms with E-state index in [-0.39, 0.29) is 12.0 Å². The monoisotopic (exact) mass is 254 g/mol. The standard InChI is InChI=1S/C14H26N2O2/c1-3-18-14(17)13-6-4-5-9-16(13)12-7-10-15(2)11-8-12/h12-13H,3-11H2,1-2H3/t13-/m1/s1. The van der Waals surface area contributed by atoms with Crippen molar-refractivity contribution < 1.29 is 9.53 Å². The molecule has 2 heterocycles. The second kappa shape index (κ2) is 6.53. The molecule has 4 heteroatoms. The van der Waals surface area contributed by atoms with Crippen LogP contribution in [0.2, 0.25) is 0 Å². The number of likely N-dealkylation sites (tertiary alicyclic amines) is 2. The smallest absolute Gasteiger partial charge is 0.323 e. The third-order valence-electron chi connectivity index (χ3n) is 4.26. The van der Waals surface area contributed by atoms with Gasteiger partial charge in [0.2, 0.25) is 0 Å². The Balaban J connectivity index is 1.96. The van der Waals surface area contributed by atoms with Crippen molar-refractivity contribution in [3.8, 4) is 0 Å². The molecule has 1 atom stereocenters. The van der Waals surface area contributed by atoms with Crippen LogP contribution in [0, 0.1) is 0 Å². The van der Waals surface area contributed by atoms with Gasteiger partial charge in [-0.25, -0.2) is 0 Å². The third kappa shape index (κ3) is 3.23. The van der Waals surface area contributed by atoms with Crippen molar-refractivity contribution in [2.75, 3.05) is 33.3 Å². The lowest BCUT2D eigenvalue weighted by molar-refractivity contribution is -0.152. The van der Waals surface area contributed by atoms with Crippen LogP contribution in [0.5, 0.6) is 0 Å². The number of hydrogen-bond donors (Lipinski definition) is 0. The van der Waals surface area contributed by atoms with Crippen LogP contribution in [0.4, 0.5) is 0 Å². The molecule has 0 aliphatic carbocycles. The van der Waals surface area contributed by atoms with Crippen molar-refractivity contribution in [1.82, 2.24) is 9.80 Å². The van der Waals surface area contributed by atoms with E-state index in [1.807, 2.05) is 6.92 Å². The van der Waals surface area contributed by atoms with Gasteiger partial charge in [-0.05, 0) is 59.3 Å². The first-order valence-electron chi connectivity index (χ1n) is 7.33. The van der Waals surface area contributed by atoms with E-state index >= 15 is 0 Å². The number of esters is 1. The summed E-state index contributed by atoms with van der Waals surface area (Å²) in [7, 11) is 2.18. The number of piperidine rings is 2.